The molecule has 0 bridgehead atoms. The molecule has 2 rings (SSSR count). The Bertz CT molecular complexity index is 819. The Morgan fingerprint density at radius 1 is 0.962 bits per heavy atom. The first-order valence-electron chi connectivity index (χ1n) is 9.04. The average Bonchev–Trinajstić information content (AvgIpc) is 2.63. The minimum atomic E-state index is 0.803. The molecule has 1 heteroatoms. The number of hydrogen-bond donors (Lipinski definition) is 1. The first kappa shape index (κ1) is 19.5. The maximum atomic E-state index is 4.17. The molecule has 0 unspecified atom stereocenters. The first-order chi connectivity index (χ1) is 12.5. The molecule has 0 saturated carbocycles. The largest absolute Gasteiger partial charge is 0.384 e. The zero-order valence-corrected chi connectivity index (χ0v) is 16.2. The van der Waals surface area contributed by atoms with Crippen molar-refractivity contribution in [2.24, 2.45) is 0 Å². The summed E-state index contributed by atoms with van der Waals surface area (Å²) in [6.45, 7) is 15.4. The topological polar surface area (TPSA) is 12.0 Å². The van der Waals surface area contributed by atoms with Crippen molar-refractivity contribution in [3.63, 3.8) is 0 Å². The molecule has 0 saturated heterocycles. The van der Waals surface area contributed by atoms with Gasteiger partial charge in [0.15, 0.2) is 0 Å². The van der Waals surface area contributed by atoms with E-state index in [4.69, 9.17) is 0 Å². The molecule has 2 aromatic rings. The molecule has 2 aromatic carbocycles. The summed E-state index contributed by atoms with van der Waals surface area (Å²) in [6, 6.07) is 17.0. The van der Waals surface area contributed by atoms with Crippen LogP contribution < -0.4 is 5.32 Å². The van der Waals surface area contributed by atoms with Crippen LogP contribution in [0.25, 0.3) is 5.57 Å². The Balaban J connectivity index is 1.88. The van der Waals surface area contributed by atoms with Gasteiger partial charge in [-0.1, -0.05) is 91.0 Å². The minimum Gasteiger partial charge on any atom is -0.384 e. The van der Waals surface area contributed by atoms with Gasteiger partial charge in [-0.25, -0.2) is 0 Å². The van der Waals surface area contributed by atoms with Gasteiger partial charge in [-0.05, 0) is 43.0 Å². The molecule has 134 valence electrons. The standard InChI is InChI=1S/C25H29N/c1-6-23(13-12-21(4)25-14-10-19(2)11-15-25)17-22(5)26-18-24-9-7-8-20(3)16-24/h6-16,26H,4-5,17-18H2,1-3H3/b13-12-,23-6+. The van der Waals surface area contributed by atoms with Crippen LogP contribution in [0.15, 0.2) is 91.2 Å². The van der Waals surface area contributed by atoms with Crippen LogP contribution in [0.1, 0.15) is 35.6 Å². The zero-order valence-electron chi connectivity index (χ0n) is 16.2. The summed E-state index contributed by atoms with van der Waals surface area (Å²) in [5.74, 6) is 0. The van der Waals surface area contributed by atoms with Crippen LogP contribution in [0.2, 0.25) is 0 Å². The molecular formula is C25H29N. The second kappa shape index (κ2) is 9.62. The quantitative estimate of drug-likeness (QED) is 0.538. The molecule has 26 heavy (non-hydrogen) atoms. The second-order valence-corrected chi connectivity index (χ2v) is 6.71. The van der Waals surface area contributed by atoms with E-state index < -0.39 is 0 Å². The first-order valence-corrected chi connectivity index (χ1v) is 9.04. The Kier molecular flexibility index (Phi) is 7.23. The number of nitrogens with one attached hydrogen (secondary N) is 1. The smallest absolute Gasteiger partial charge is 0.0397 e. The lowest BCUT2D eigenvalue weighted by atomic mass is 10.0. The maximum absolute atomic E-state index is 4.17. The van der Waals surface area contributed by atoms with Gasteiger partial charge in [0, 0.05) is 18.7 Å². The van der Waals surface area contributed by atoms with Gasteiger partial charge < -0.3 is 5.32 Å². The third kappa shape index (κ3) is 6.25. The monoisotopic (exact) mass is 343 g/mol. The normalized spacial score (nSPS) is 11.6. The van der Waals surface area contributed by atoms with Crippen LogP contribution in [0.5, 0.6) is 0 Å². The third-order valence-electron chi connectivity index (χ3n) is 4.33. The van der Waals surface area contributed by atoms with Crippen molar-refractivity contribution >= 4 is 5.57 Å². The van der Waals surface area contributed by atoms with Crippen molar-refractivity contribution in [3.8, 4) is 0 Å². The summed E-state index contributed by atoms with van der Waals surface area (Å²) in [6.07, 6.45) is 7.13. The van der Waals surface area contributed by atoms with E-state index in [1.807, 2.05) is 0 Å². The Hall–Kier alpha value is -2.80. The molecule has 0 radical (unpaired) electrons. The molecule has 1 nitrogen and oxygen atoms in total. The van der Waals surface area contributed by atoms with E-state index in [1.165, 1.54) is 22.3 Å². The summed E-state index contributed by atoms with van der Waals surface area (Å²) >= 11 is 0. The fourth-order valence-electron chi connectivity index (χ4n) is 2.69. The number of rotatable bonds is 8. The highest BCUT2D eigenvalue weighted by Gasteiger charge is 2.00. The van der Waals surface area contributed by atoms with E-state index in [9.17, 15) is 0 Å². The van der Waals surface area contributed by atoms with Crippen LogP contribution in [0, 0.1) is 13.8 Å². The molecule has 0 heterocycles. The van der Waals surface area contributed by atoms with E-state index in [-0.39, 0.29) is 0 Å². The maximum Gasteiger partial charge on any atom is 0.0397 e. The van der Waals surface area contributed by atoms with E-state index in [0.717, 1.165) is 29.8 Å². The van der Waals surface area contributed by atoms with E-state index in [1.54, 1.807) is 0 Å². The molecule has 0 aliphatic carbocycles. The molecule has 0 aromatic heterocycles. The van der Waals surface area contributed by atoms with Crippen LogP contribution in [0.3, 0.4) is 0 Å². The van der Waals surface area contributed by atoms with E-state index >= 15 is 0 Å². The summed E-state index contributed by atoms with van der Waals surface area (Å²) in [4.78, 5) is 0. The predicted octanol–water partition coefficient (Wildman–Crippen LogP) is 6.51. The van der Waals surface area contributed by atoms with Crippen molar-refractivity contribution in [2.45, 2.75) is 33.7 Å². The lowest BCUT2D eigenvalue weighted by Gasteiger charge is -2.11. The molecule has 0 spiro atoms. The van der Waals surface area contributed by atoms with Crippen molar-refractivity contribution < 1.29 is 0 Å². The van der Waals surface area contributed by atoms with Crippen LogP contribution in [-0.4, -0.2) is 0 Å². The van der Waals surface area contributed by atoms with E-state index in [2.05, 4.69) is 106 Å². The summed E-state index contributed by atoms with van der Waals surface area (Å²) in [7, 11) is 0. The summed E-state index contributed by atoms with van der Waals surface area (Å²) < 4.78 is 0. The number of benzene rings is 2. The van der Waals surface area contributed by atoms with Gasteiger partial charge in [0.1, 0.15) is 0 Å². The average molecular weight is 344 g/mol. The highest BCUT2D eigenvalue weighted by molar-refractivity contribution is 5.72. The van der Waals surface area contributed by atoms with Gasteiger partial charge in [-0.15, -0.1) is 0 Å². The minimum absolute atomic E-state index is 0.803. The van der Waals surface area contributed by atoms with Gasteiger partial charge in [0.25, 0.3) is 0 Å². The molecule has 0 atom stereocenters. The van der Waals surface area contributed by atoms with E-state index in [0.29, 0.717) is 0 Å². The molecule has 1 N–H and O–H groups in total. The molecule has 0 amide bonds. The fourth-order valence-corrected chi connectivity index (χ4v) is 2.69. The highest BCUT2D eigenvalue weighted by atomic mass is 14.9. The number of allylic oxidation sites excluding steroid dienone is 5. The summed E-state index contributed by atoms with van der Waals surface area (Å²) in [5, 5.41) is 3.42. The lowest BCUT2D eigenvalue weighted by molar-refractivity contribution is 0.786. The Labute approximate surface area is 158 Å². The van der Waals surface area contributed by atoms with Gasteiger partial charge in [0.2, 0.25) is 0 Å². The van der Waals surface area contributed by atoms with Gasteiger partial charge in [0.05, 0.1) is 0 Å². The highest BCUT2D eigenvalue weighted by Crippen LogP contribution is 2.17. The number of aryl methyl sites for hydroxylation is 2. The predicted molar refractivity (Wildman–Crippen MR) is 115 cm³/mol. The van der Waals surface area contributed by atoms with Crippen molar-refractivity contribution in [1.29, 1.82) is 0 Å². The van der Waals surface area contributed by atoms with Gasteiger partial charge in [-0.2, -0.15) is 0 Å². The van der Waals surface area contributed by atoms with Crippen molar-refractivity contribution in [1.82, 2.24) is 5.32 Å². The van der Waals surface area contributed by atoms with Crippen molar-refractivity contribution in [3.05, 3.63) is 113 Å². The van der Waals surface area contributed by atoms with Crippen molar-refractivity contribution in [2.75, 3.05) is 0 Å². The lowest BCUT2D eigenvalue weighted by Crippen LogP contribution is -2.12. The van der Waals surface area contributed by atoms with Crippen LogP contribution in [-0.2, 0) is 6.54 Å². The SMILES string of the molecule is C=C(CC(/C=C\C(=C)c1ccc(C)cc1)=C/C)NCc1cccc(C)c1. The molecule has 0 fully saturated rings. The second-order valence-electron chi connectivity index (χ2n) is 6.71. The molecule has 0 aliphatic rings. The van der Waals surface area contributed by atoms with Crippen LogP contribution in [0.4, 0.5) is 0 Å². The Morgan fingerprint density at radius 3 is 2.35 bits per heavy atom. The molecular weight excluding hydrogens is 314 g/mol. The fraction of sp³-hybridized carbons (Fsp3) is 0.200. The summed E-state index contributed by atoms with van der Waals surface area (Å²) in [5.41, 5.74) is 8.22. The van der Waals surface area contributed by atoms with Gasteiger partial charge in [-0.3, -0.25) is 0 Å². The zero-order chi connectivity index (χ0) is 18.9. The Morgan fingerprint density at radius 2 is 1.69 bits per heavy atom. The van der Waals surface area contributed by atoms with Crippen LogP contribution >= 0.6 is 0 Å². The number of hydrogen-bond acceptors (Lipinski definition) is 1. The molecule has 0 aliphatic heterocycles. The third-order valence-corrected chi connectivity index (χ3v) is 4.33. The van der Waals surface area contributed by atoms with Gasteiger partial charge >= 0.3 is 0 Å².